The van der Waals surface area contributed by atoms with Gasteiger partial charge in [0.1, 0.15) is 5.75 Å². The second kappa shape index (κ2) is 10.3. The maximum absolute atomic E-state index is 12.2. The third-order valence-electron chi connectivity index (χ3n) is 4.87. The van der Waals surface area contributed by atoms with Crippen LogP contribution < -0.4 is 20.7 Å². The van der Waals surface area contributed by atoms with Crippen LogP contribution in [0.4, 0.5) is 11.4 Å². The lowest BCUT2D eigenvalue weighted by Crippen LogP contribution is -2.24. The van der Waals surface area contributed by atoms with Crippen LogP contribution in [-0.2, 0) is 14.4 Å². The average molecular weight is 445 g/mol. The lowest BCUT2D eigenvalue weighted by atomic mass is 10.2. The molecule has 3 aromatic rings. The Bertz CT molecular complexity index is 1150. The Hall–Kier alpha value is -4.40. The number of aromatic nitrogens is 1. The van der Waals surface area contributed by atoms with E-state index in [0.29, 0.717) is 35.8 Å². The second-order valence-corrected chi connectivity index (χ2v) is 7.30. The number of carbonyl (C=O) groups is 2. The summed E-state index contributed by atoms with van der Waals surface area (Å²) in [6.07, 6.45) is 2.88. The van der Waals surface area contributed by atoms with Crippen molar-refractivity contribution in [1.82, 2.24) is 4.98 Å². The molecule has 9 nitrogen and oxygen atoms in total. The largest absolute Gasteiger partial charge is 0.439 e. The summed E-state index contributed by atoms with van der Waals surface area (Å²) < 4.78 is 5.63. The van der Waals surface area contributed by atoms with E-state index in [9.17, 15) is 9.59 Å². The molecule has 0 spiro atoms. The molecule has 1 fully saturated rings. The van der Waals surface area contributed by atoms with Crippen molar-refractivity contribution in [2.75, 3.05) is 23.4 Å². The number of benzene rings is 2. The Kier molecular flexibility index (Phi) is 6.79. The molecule has 2 aromatic carbocycles. The lowest BCUT2D eigenvalue weighted by Gasteiger charge is -2.16. The van der Waals surface area contributed by atoms with E-state index in [1.807, 2.05) is 36.4 Å². The number of hydrogen-bond acceptors (Lipinski definition) is 6. The first kappa shape index (κ1) is 21.8. The van der Waals surface area contributed by atoms with Crippen molar-refractivity contribution >= 4 is 29.0 Å². The highest BCUT2D eigenvalue weighted by molar-refractivity contribution is 5.98. The average Bonchev–Trinajstić information content (AvgIpc) is 3.26. The number of nitrogens with zero attached hydrogens (tertiary/aromatic N) is 3. The number of carbonyl (C=O) groups excluding carboxylic acids is 2. The van der Waals surface area contributed by atoms with E-state index < -0.39 is 5.91 Å². The highest BCUT2D eigenvalue weighted by Gasteiger charge is 2.21. The number of oxime groups is 1. The minimum absolute atomic E-state index is 0.0797. The van der Waals surface area contributed by atoms with Gasteiger partial charge in [-0.15, -0.1) is 0 Å². The zero-order valence-corrected chi connectivity index (χ0v) is 17.8. The predicted molar refractivity (Wildman–Crippen MR) is 124 cm³/mol. The minimum atomic E-state index is -0.402. The summed E-state index contributed by atoms with van der Waals surface area (Å²) in [5.41, 5.74) is 7.76. The van der Waals surface area contributed by atoms with Gasteiger partial charge in [0, 0.05) is 42.2 Å². The minimum Gasteiger partial charge on any atom is -0.439 e. The molecule has 168 valence electrons. The van der Waals surface area contributed by atoms with Crippen LogP contribution in [-0.4, -0.2) is 35.8 Å². The molecule has 33 heavy (non-hydrogen) atoms. The molecule has 1 aromatic heterocycles. The van der Waals surface area contributed by atoms with E-state index in [1.54, 1.807) is 35.2 Å². The Labute approximate surface area is 190 Å². The first-order valence-corrected chi connectivity index (χ1v) is 10.4. The molecule has 0 aliphatic carbocycles. The van der Waals surface area contributed by atoms with Crippen molar-refractivity contribution in [3.63, 3.8) is 0 Å². The number of amidine groups is 1. The summed E-state index contributed by atoms with van der Waals surface area (Å²) in [4.78, 5) is 35.1. The summed E-state index contributed by atoms with van der Waals surface area (Å²) in [5.74, 6) is 0.847. The van der Waals surface area contributed by atoms with Crippen LogP contribution >= 0.6 is 0 Å². The number of amides is 2. The van der Waals surface area contributed by atoms with Crippen molar-refractivity contribution in [1.29, 1.82) is 0 Å². The molecule has 0 radical (unpaired) electrons. The zero-order chi connectivity index (χ0) is 23.0. The van der Waals surface area contributed by atoms with E-state index in [2.05, 4.69) is 15.5 Å². The highest BCUT2D eigenvalue weighted by Crippen LogP contribution is 2.24. The van der Waals surface area contributed by atoms with Gasteiger partial charge in [0.2, 0.25) is 11.8 Å². The van der Waals surface area contributed by atoms with Crippen molar-refractivity contribution < 1.29 is 19.2 Å². The van der Waals surface area contributed by atoms with E-state index >= 15 is 0 Å². The summed E-state index contributed by atoms with van der Waals surface area (Å²) in [5, 5.41) is 6.50. The number of para-hydroxylation sites is 1. The molecule has 0 unspecified atom stereocenters. The monoisotopic (exact) mass is 445 g/mol. The fraction of sp³-hybridized carbons (Fsp3) is 0.167. The Balaban J connectivity index is 1.28. The molecule has 1 aliphatic heterocycles. The maximum Gasteiger partial charge on any atom is 0.265 e. The quantitative estimate of drug-likeness (QED) is 0.312. The smallest absolute Gasteiger partial charge is 0.265 e. The lowest BCUT2D eigenvalue weighted by molar-refractivity contribution is -0.120. The van der Waals surface area contributed by atoms with Gasteiger partial charge in [-0.05, 0) is 42.8 Å². The van der Waals surface area contributed by atoms with Gasteiger partial charge in [-0.1, -0.05) is 29.4 Å². The predicted octanol–water partition coefficient (Wildman–Crippen LogP) is 3.28. The molecule has 3 N–H and O–H groups in total. The number of hydrogen-bond donors (Lipinski definition) is 2. The number of nitrogens with one attached hydrogen (secondary N) is 1. The van der Waals surface area contributed by atoms with E-state index in [1.165, 1.54) is 6.20 Å². The van der Waals surface area contributed by atoms with E-state index in [4.69, 9.17) is 15.3 Å². The first-order chi connectivity index (χ1) is 16.1. The standard InChI is InChI=1S/C24H23N5O4/c25-24(17-11-12-22(26-15-17)33-20-8-2-1-3-9-20)28-32-16-21(30)27-18-6-4-7-19(14-18)29-13-5-10-23(29)31/h1-4,6-9,11-12,14-15H,5,10,13,16H2,(H2,25,28)(H,27,30). The number of anilines is 2. The molecule has 1 saturated heterocycles. The van der Waals surface area contributed by atoms with Crippen molar-refractivity contribution in [2.24, 2.45) is 10.9 Å². The summed E-state index contributed by atoms with van der Waals surface area (Å²) in [6.45, 7) is 0.359. The van der Waals surface area contributed by atoms with Gasteiger partial charge in [-0.2, -0.15) is 0 Å². The summed E-state index contributed by atoms with van der Waals surface area (Å²) in [6, 6.07) is 19.8. The van der Waals surface area contributed by atoms with Gasteiger partial charge >= 0.3 is 0 Å². The second-order valence-electron chi connectivity index (χ2n) is 7.30. The fourth-order valence-electron chi connectivity index (χ4n) is 3.28. The van der Waals surface area contributed by atoms with Crippen LogP contribution in [0.5, 0.6) is 11.6 Å². The Morgan fingerprint density at radius 3 is 2.70 bits per heavy atom. The molecule has 2 amide bonds. The van der Waals surface area contributed by atoms with Crippen LogP contribution in [0.1, 0.15) is 18.4 Å². The zero-order valence-electron chi connectivity index (χ0n) is 17.8. The normalized spacial score (nSPS) is 13.6. The molecule has 0 bridgehead atoms. The first-order valence-electron chi connectivity index (χ1n) is 10.4. The summed E-state index contributed by atoms with van der Waals surface area (Å²) >= 11 is 0. The van der Waals surface area contributed by atoms with Gasteiger partial charge in [0.05, 0.1) is 0 Å². The van der Waals surface area contributed by atoms with Gasteiger partial charge in [-0.25, -0.2) is 4.98 Å². The molecule has 0 saturated carbocycles. The third kappa shape index (κ3) is 5.85. The van der Waals surface area contributed by atoms with Crippen LogP contribution in [0.25, 0.3) is 0 Å². The van der Waals surface area contributed by atoms with Gasteiger partial charge < -0.3 is 25.5 Å². The SMILES string of the molecule is N/C(=N/OCC(=O)Nc1cccc(N2CCCC2=O)c1)c1ccc(Oc2ccccc2)nc1. The van der Waals surface area contributed by atoms with Crippen LogP contribution in [0.2, 0.25) is 0 Å². The number of rotatable bonds is 8. The number of nitrogens with two attached hydrogens (primary N) is 1. The van der Waals surface area contributed by atoms with Gasteiger partial charge in [0.25, 0.3) is 5.91 Å². The van der Waals surface area contributed by atoms with E-state index in [-0.39, 0.29) is 18.3 Å². The van der Waals surface area contributed by atoms with Crippen LogP contribution in [0.15, 0.2) is 78.1 Å². The van der Waals surface area contributed by atoms with Gasteiger partial charge in [-0.3, -0.25) is 9.59 Å². The number of pyridine rings is 1. The Morgan fingerprint density at radius 1 is 1.12 bits per heavy atom. The molecule has 2 heterocycles. The van der Waals surface area contributed by atoms with Crippen LogP contribution in [0.3, 0.4) is 0 Å². The Morgan fingerprint density at radius 2 is 1.97 bits per heavy atom. The maximum atomic E-state index is 12.2. The summed E-state index contributed by atoms with van der Waals surface area (Å²) in [7, 11) is 0. The van der Waals surface area contributed by atoms with Crippen molar-refractivity contribution in [3.05, 3.63) is 78.5 Å². The third-order valence-corrected chi connectivity index (χ3v) is 4.87. The molecule has 0 atom stereocenters. The number of ether oxygens (including phenoxy) is 1. The van der Waals surface area contributed by atoms with E-state index in [0.717, 1.165) is 12.1 Å². The fourth-order valence-corrected chi connectivity index (χ4v) is 3.28. The van der Waals surface area contributed by atoms with Crippen molar-refractivity contribution in [2.45, 2.75) is 12.8 Å². The molecular formula is C24H23N5O4. The molecule has 9 heteroatoms. The van der Waals surface area contributed by atoms with Crippen LogP contribution in [0, 0.1) is 0 Å². The highest BCUT2D eigenvalue weighted by atomic mass is 16.6. The van der Waals surface area contributed by atoms with Gasteiger partial charge in [0.15, 0.2) is 12.4 Å². The molecule has 1 aliphatic rings. The topological polar surface area (TPSA) is 119 Å². The molecular weight excluding hydrogens is 422 g/mol. The molecule has 4 rings (SSSR count). The van der Waals surface area contributed by atoms with Crippen molar-refractivity contribution in [3.8, 4) is 11.6 Å².